The Morgan fingerprint density at radius 1 is 1.56 bits per heavy atom. The van der Waals surface area contributed by atoms with Crippen LogP contribution in [-0.4, -0.2) is 29.0 Å². The molecule has 0 saturated carbocycles. The highest BCUT2D eigenvalue weighted by Crippen LogP contribution is 2.22. The van der Waals surface area contributed by atoms with Gasteiger partial charge in [-0.3, -0.25) is 4.68 Å². The molecular formula is C11H20ClN3O. The quantitative estimate of drug-likeness (QED) is 0.856. The Balaban J connectivity index is 2.84. The van der Waals surface area contributed by atoms with Crippen LogP contribution >= 0.6 is 11.6 Å². The molecule has 0 spiro atoms. The van der Waals surface area contributed by atoms with Gasteiger partial charge in [0.25, 0.3) is 0 Å². The first-order valence-corrected chi connectivity index (χ1v) is 5.87. The van der Waals surface area contributed by atoms with Gasteiger partial charge in [0.2, 0.25) is 0 Å². The van der Waals surface area contributed by atoms with Crippen molar-refractivity contribution >= 4 is 11.6 Å². The van der Waals surface area contributed by atoms with E-state index in [1.807, 2.05) is 25.6 Å². The summed E-state index contributed by atoms with van der Waals surface area (Å²) in [4.78, 5) is 0. The summed E-state index contributed by atoms with van der Waals surface area (Å²) in [5.41, 5.74) is 7.93. The molecule has 1 rings (SSSR count). The largest absolute Gasteiger partial charge is 0.380 e. The molecule has 92 valence electrons. The van der Waals surface area contributed by atoms with Gasteiger partial charge in [0.05, 0.1) is 22.5 Å². The fourth-order valence-corrected chi connectivity index (χ4v) is 1.98. The van der Waals surface area contributed by atoms with Crippen molar-refractivity contribution in [1.82, 2.24) is 9.78 Å². The van der Waals surface area contributed by atoms with E-state index in [1.165, 1.54) is 0 Å². The molecule has 0 fully saturated rings. The van der Waals surface area contributed by atoms with Crippen LogP contribution in [-0.2, 0) is 24.6 Å². The monoisotopic (exact) mass is 245 g/mol. The zero-order valence-electron chi connectivity index (χ0n) is 10.3. The highest BCUT2D eigenvalue weighted by atomic mass is 35.5. The minimum atomic E-state index is -0.0670. The van der Waals surface area contributed by atoms with Crippen LogP contribution in [0.15, 0.2) is 0 Å². The van der Waals surface area contributed by atoms with E-state index in [9.17, 15) is 0 Å². The Bertz CT molecular complexity index is 351. The number of aromatic nitrogens is 2. The van der Waals surface area contributed by atoms with E-state index >= 15 is 0 Å². The topological polar surface area (TPSA) is 53.1 Å². The van der Waals surface area contributed by atoms with Gasteiger partial charge in [-0.05, 0) is 13.3 Å². The van der Waals surface area contributed by atoms with Crippen molar-refractivity contribution in [3.8, 4) is 0 Å². The first-order chi connectivity index (χ1) is 7.51. The molecule has 2 atom stereocenters. The van der Waals surface area contributed by atoms with E-state index in [2.05, 4.69) is 5.10 Å². The molecule has 0 aliphatic rings. The van der Waals surface area contributed by atoms with Crippen molar-refractivity contribution in [2.75, 3.05) is 7.11 Å². The third kappa shape index (κ3) is 2.75. The number of hydrogen-bond donors (Lipinski definition) is 1. The number of nitrogens with zero attached hydrogens (tertiary/aromatic N) is 2. The molecule has 4 nitrogen and oxygen atoms in total. The van der Waals surface area contributed by atoms with Crippen LogP contribution in [0.25, 0.3) is 0 Å². The SMILES string of the molecule is CCc1nn(C)c(CC(N)C(C)OC)c1Cl. The summed E-state index contributed by atoms with van der Waals surface area (Å²) in [7, 11) is 3.55. The number of aryl methyl sites for hydroxylation is 2. The highest BCUT2D eigenvalue weighted by molar-refractivity contribution is 6.31. The van der Waals surface area contributed by atoms with Gasteiger partial charge in [-0.25, -0.2) is 0 Å². The summed E-state index contributed by atoms with van der Waals surface area (Å²) < 4.78 is 7.01. The lowest BCUT2D eigenvalue weighted by Crippen LogP contribution is -2.36. The molecule has 2 unspecified atom stereocenters. The molecule has 2 N–H and O–H groups in total. The number of nitrogens with two attached hydrogens (primary N) is 1. The molecular weight excluding hydrogens is 226 g/mol. The standard InChI is InChI=1S/C11H20ClN3O/c1-5-9-11(12)10(15(3)14-9)6-8(13)7(2)16-4/h7-8H,5-6,13H2,1-4H3. The van der Waals surface area contributed by atoms with Gasteiger partial charge in [-0.15, -0.1) is 0 Å². The maximum Gasteiger partial charge on any atom is 0.0850 e. The Morgan fingerprint density at radius 2 is 2.19 bits per heavy atom. The normalized spacial score (nSPS) is 15.1. The van der Waals surface area contributed by atoms with Crippen LogP contribution in [0.5, 0.6) is 0 Å². The first-order valence-electron chi connectivity index (χ1n) is 5.49. The number of rotatable bonds is 5. The molecule has 0 bridgehead atoms. The molecule has 16 heavy (non-hydrogen) atoms. The summed E-state index contributed by atoms with van der Waals surface area (Å²) >= 11 is 6.24. The van der Waals surface area contributed by atoms with Gasteiger partial charge in [0.15, 0.2) is 0 Å². The molecule has 0 aliphatic carbocycles. The van der Waals surface area contributed by atoms with Crippen molar-refractivity contribution in [2.45, 2.75) is 38.8 Å². The lowest BCUT2D eigenvalue weighted by molar-refractivity contribution is 0.0950. The van der Waals surface area contributed by atoms with E-state index in [-0.39, 0.29) is 12.1 Å². The highest BCUT2D eigenvalue weighted by Gasteiger charge is 2.19. The van der Waals surface area contributed by atoms with Gasteiger partial charge in [0.1, 0.15) is 0 Å². The van der Waals surface area contributed by atoms with Gasteiger partial charge < -0.3 is 10.5 Å². The average molecular weight is 246 g/mol. The summed E-state index contributed by atoms with van der Waals surface area (Å²) in [6.45, 7) is 3.99. The molecule has 0 aromatic carbocycles. The number of hydrogen-bond acceptors (Lipinski definition) is 3. The van der Waals surface area contributed by atoms with Crippen LogP contribution < -0.4 is 5.73 Å². The number of halogens is 1. The van der Waals surface area contributed by atoms with E-state index in [0.717, 1.165) is 22.8 Å². The Labute approximate surface area is 102 Å². The third-order valence-electron chi connectivity index (χ3n) is 2.91. The molecule has 1 aromatic rings. The lowest BCUT2D eigenvalue weighted by Gasteiger charge is -2.18. The zero-order chi connectivity index (χ0) is 12.3. The second kappa shape index (κ2) is 5.66. The second-order valence-corrected chi connectivity index (χ2v) is 4.37. The van der Waals surface area contributed by atoms with E-state index in [0.29, 0.717) is 6.42 Å². The van der Waals surface area contributed by atoms with E-state index in [1.54, 1.807) is 7.11 Å². The number of ether oxygens (including phenoxy) is 1. The van der Waals surface area contributed by atoms with Gasteiger partial charge >= 0.3 is 0 Å². The van der Waals surface area contributed by atoms with Crippen molar-refractivity contribution in [3.05, 3.63) is 16.4 Å². The minimum absolute atomic E-state index is 0.0102. The van der Waals surface area contributed by atoms with E-state index in [4.69, 9.17) is 22.1 Å². The smallest absolute Gasteiger partial charge is 0.0850 e. The average Bonchev–Trinajstić information content (AvgIpc) is 2.55. The van der Waals surface area contributed by atoms with Crippen LogP contribution in [0.4, 0.5) is 0 Å². The maximum absolute atomic E-state index is 6.24. The van der Waals surface area contributed by atoms with Gasteiger partial charge in [0, 0.05) is 26.6 Å². The Hall–Kier alpha value is -0.580. The molecule has 0 aliphatic heterocycles. The van der Waals surface area contributed by atoms with Crippen LogP contribution in [0.2, 0.25) is 5.02 Å². The maximum atomic E-state index is 6.24. The summed E-state index contributed by atoms with van der Waals surface area (Å²) in [6, 6.07) is -0.0670. The van der Waals surface area contributed by atoms with Crippen molar-refractivity contribution in [1.29, 1.82) is 0 Å². The first kappa shape index (κ1) is 13.5. The van der Waals surface area contributed by atoms with Crippen molar-refractivity contribution < 1.29 is 4.74 Å². The van der Waals surface area contributed by atoms with Crippen LogP contribution in [0, 0.1) is 0 Å². The van der Waals surface area contributed by atoms with Crippen molar-refractivity contribution in [2.24, 2.45) is 12.8 Å². The summed E-state index contributed by atoms with van der Waals surface area (Å²) in [5, 5.41) is 5.09. The fourth-order valence-electron chi connectivity index (χ4n) is 1.61. The number of methoxy groups -OCH3 is 1. The summed E-state index contributed by atoms with van der Waals surface area (Å²) in [5.74, 6) is 0. The Morgan fingerprint density at radius 3 is 2.62 bits per heavy atom. The molecule has 0 saturated heterocycles. The Kier molecular flexibility index (Phi) is 4.77. The van der Waals surface area contributed by atoms with Gasteiger partial charge in [-0.2, -0.15) is 5.10 Å². The lowest BCUT2D eigenvalue weighted by atomic mass is 10.1. The summed E-state index contributed by atoms with van der Waals surface area (Å²) in [6.07, 6.45) is 1.52. The zero-order valence-corrected chi connectivity index (χ0v) is 11.1. The van der Waals surface area contributed by atoms with Gasteiger partial charge in [-0.1, -0.05) is 18.5 Å². The molecule has 5 heteroatoms. The van der Waals surface area contributed by atoms with Crippen molar-refractivity contribution in [3.63, 3.8) is 0 Å². The second-order valence-electron chi connectivity index (χ2n) is 3.99. The third-order valence-corrected chi connectivity index (χ3v) is 3.34. The molecule has 1 heterocycles. The predicted molar refractivity (Wildman–Crippen MR) is 65.7 cm³/mol. The molecule has 1 aromatic heterocycles. The van der Waals surface area contributed by atoms with Crippen LogP contribution in [0.3, 0.4) is 0 Å². The molecule has 0 radical (unpaired) electrons. The molecule has 0 amide bonds. The predicted octanol–water partition coefficient (Wildman–Crippen LogP) is 1.54. The fraction of sp³-hybridized carbons (Fsp3) is 0.727. The minimum Gasteiger partial charge on any atom is -0.380 e. The van der Waals surface area contributed by atoms with E-state index < -0.39 is 0 Å². The van der Waals surface area contributed by atoms with Crippen LogP contribution in [0.1, 0.15) is 25.2 Å².